The summed E-state index contributed by atoms with van der Waals surface area (Å²) in [4.78, 5) is 0.999. The summed E-state index contributed by atoms with van der Waals surface area (Å²) in [5.74, 6) is 0. The molecule has 0 fully saturated rings. The van der Waals surface area contributed by atoms with Crippen LogP contribution in [-0.4, -0.2) is 0 Å². The standard InChI is InChI=1S/C7H9BrS/c1-4-5-6(2)9-7(3)8/h4-5H,2-3H2,1H3/b5-4-. The lowest BCUT2D eigenvalue weighted by Crippen LogP contribution is -1.61. The van der Waals surface area contributed by atoms with E-state index < -0.39 is 0 Å². The van der Waals surface area contributed by atoms with E-state index in [1.54, 1.807) is 0 Å². The van der Waals surface area contributed by atoms with Crippen molar-refractivity contribution in [1.29, 1.82) is 0 Å². The van der Waals surface area contributed by atoms with Crippen LogP contribution in [0.3, 0.4) is 0 Å². The lowest BCUT2D eigenvalue weighted by atomic mass is 10.5. The van der Waals surface area contributed by atoms with Gasteiger partial charge in [-0.25, -0.2) is 0 Å². The molecule has 0 aliphatic rings. The second-order valence-corrected chi connectivity index (χ2v) is 4.13. The summed E-state index contributed by atoms with van der Waals surface area (Å²) in [7, 11) is 0. The topological polar surface area (TPSA) is 0 Å². The van der Waals surface area contributed by atoms with Crippen molar-refractivity contribution in [2.24, 2.45) is 0 Å². The number of halogens is 1. The molecule has 0 unspecified atom stereocenters. The summed E-state index contributed by atoms with van der Waals surface area (Å²) in [6.07, 6.45) is 3.89. The third kappa shape index (κ3) is 5.93. The first-order valence-electron chi connectivity index (χ1n) is 2.50. The normalized spacial score (nSPS) is 10.0. The number of hydrogen-bond donors (Lipinski definition) is 0. The van der Waals surface area contributed by atoms with Gasteiger partial charge in [0, 0.05) is 8.72 Å². The largest absolute Gasteiger partial charge is 0.0866 e. The smallest absolute Gasteiger partial charge is 0.0479 e. The minimum Gasteiger partial charge on any atom is -0.0866 e. The van der Waals surface area contributed by atoms with E-state index in [0.717, 1.165) is 8.72 Å². The quantitative estimate of drug-likeness (QED) is 0.633. The molecule has 0 aliphatic carbocycles. The van der Waals surface area contributed by atoms with Crippen molar-refractivity contribution in [2.75, 3.05) is 0 Å². The van der Waals surface area contributed by atoms with Crippen molar-refractivity contribution in [1.82, 2.24) is 0 Å². The third-order valence-corrected chi connectivity index (χ3v) is 1.70. The van der Waals surface area contributed by atoms with Gasteiger partial charge in [0.25, 0.3) is 0 Å². The average Bonchev–Trinajstić information content (AvgIpc) is 1.63. The summed E-state index contributed by atoms with van der Waals surface area (Å²) in [5.41, 5.74) is 0. The molecule has 0 N–H and O–H groups in total. The van der Waals surface area contributed by atoms with Gasteiger partial charge in [-0.15, -0.1) is 0 Å². The molecule has 0 aliphatic heterocycles. The molecule has 0 rings (SSSR count). The first-order valence-corrected chi connectivity index (χ1v) is 4.11. The Balaban J connectivity index is 3.64. The highest BCUT2D eigenvalue weighted by Gasteiger charge is 1.88. The summed E-state index contributed by atoms with van der Waals surface area (Å²) in [5, 5.41) is 0. The predicted octanol–water partition coefficient (Wildman–Crippen LogP) is 3.68. The van der Waals surface area contributed by atoms with E-state index in [4.69, 9.17) is 0 Å². The van der Waals surface area contributed by atoms with E-state index in [-0.39, 0.29) is 0 Å². The molecule has 0 saturated heterocycles. The maximum absolute atomic E-state index is 3.77. The highest BCUT2D eigenvalue weighted by atomic mass is 79.9. The number of rotatable bonds is 3. The van der Waals surface area contributed by atoms with Crippen LogP contribution in [0.5, 0.6) is 0 Å². The highest BCUT2D eigenvalue weighted by Crippen LogP contribution is 2.27. The van der Waals surface area contributed by atoms with E-state index >= 15 is 0 Å². The molecule has 0 spiro atoms. The molecular formula is C7H9BrS. The zero-order chi connectivity index (χ0) is 7.28. The lowest BCUT2D eigenvalue weighted by Gasteiger charge is -1.93. The fourth-order valence-electron chi connectivity index (χ4n) is 0.362. The van der Waals surface area contributed by atoms with Crippen molar-refractivity contribution >= 4 is 27.7 Å². The van der Waals surface area contributed by atoms with Gasteiger partial charge in [0.2, 0.25) is 0 Å². The molecule has 2 heteroatoms. The van der Waals surface area contributed by atoms with Crippen molar-refractivity contribution in [3.05, 3.63) is 34.0 Å². The van der Waals surface area contributed by atoms with E-state index in [0.29, 0.717) is 0 Å². The van der Waals surface area contributed by atoms with Crippen molar-refractivity contribution < 1.29 is 0 Å². The molecule has 0 atom stereocenters. The second-order valence-electron chi connectivity index (χ2n) is 1.42. The minimum absolute atomic E-state index is 0.894. The van der Waals surface area contributed by atoms with Crippen LogP contribution in [0.15, 0.2) is 34.0 Å². The van der Waals surface area contributed by atoms with Crippen LogP contribution in [0.25, 0.3) is 0 Å². The molecular weight excluding hydrogens is 196 g/mol. The second kappa shape index (κ2) is 4.89. The SMILES string of the molecule is C=C(Br)SC(=C)/C=C\C. The number of hydrogen-bond acceptors (Lipinski definition) is 1. The Hall–Kier alpha value is 0.0500. The number of allylic oxidation sites excluding steroid dienone is 2. The summed E-state index contributed by atoms with van der Waals surface area (Å²) < 4.78 is 0.894. The third-order valence-electron chi connectivity index (χ3n) is 0.594. The van der Waals surface area contributed by atoms with E-state index in [9.17, 15) is 0 Å². The Morgan fingerprint density at radius 3 is 2.44 bits per heavy atom. The maximum atomic E-state index is 3.77. The lowest BCUT2D eigenvalue weighted by molar-refractivity contribution is 1.73. The first-order chi connectivity index (χ1) is 4.16. The predicted molar refractivity (Wildman–Crippen MR) is 49.6 cm³/mol. The Bertz CT molecular complexity index is 147. The molecule has 0 bridgehead atoms. The molecule has 0 heterocycles. The van der Waals surface area contributed by atoms with Gasteiger partial charge >= 0.3 is 0 Å². The van der Waals surface area contributed by atoms with Gasteiger partial charge in [0.05, 0.1) is 0 Å². The van der Waals surface area contributed by atoms with E-state index in [1.165, 1.54) is 11.8 Å². The Morgan fingerprint density at radius 1 is 1.56 bits per heavy atom. The average molecular weight is 205 g/mol. The molecule has 0 aromatic rings. The van der Waals surface area contributed by atoms with Gasteiger partial charge < -0.3 is 0 Å². The van der Waals surface area contributed by atoms with Gasteiger partial charge in [-0.3, -0.25) is 0 Å². The highest BCUT2D eigenvalue weighted by molar-refractivity contribution is 9.14. The van der Waals surface area contributed by atoms with Crippen molar-refractivity contribution in [2.45, 2.75) is 6.92 Å². The molecule has 50 valence electrons. The molecule has 0 aromatic carbocycles. The van der Waals surface area contributed by atoms with E-state index in [2.05, 4.69) is 29.1 Å². The van der Waals surface area contributed by atoms with Gasteiger partial charge in [0.1, 0.15) is 0 Å². The van der Waals surface area contributed by atoms with E-state index in [1.807, 2.05) is 19.1 Å². The summed E-state index contributed by atoms with van der Waals surface area (Å²) in [6, 6.07) is 0. The van der Waals surface area contributed by atoms with Gasteiger partial charge in [-0.2, -0.15) is 0 Å². The fraction of sp³-hybridized carbons (Fsp3) is 0.143. The monoisotopic (exact) mass is 204 g/mol. The molecule has 0 saturated carbocycles. The van der Waals surface area contributed by atoms with Gasteiger partial charge in [-0.05, 0) is 22.9 Å². The Kier molecular flexibility index (Phi) is 4.91. The Morgan fingerprint density at radius 2 is 2.11 bits per heavy atom. The molecule has 0 nitrogen and oxygen atoms in total. The van der Waals surface area contributed by atoms with Crippen LogP contribution in [-0.2, 0) is 0 Å². The first kappa shape index (κ1) is 9.05. The molecule has 0 aromatic heterocycles. The summed E-state index contributed by atoms with van der Waals surface area (Å²) >= 11 is 4.74. The zero-order valence-electron chi connectivity index (χ0n) is 5.36. The van der Waals surface area contributed by atoms with Crippen LogP contribution in [0.1, 0.15) is 6.92 Å². The van der Waals surface area contributed by atoms with Crippen LogP contribution < -0.4 is 0 Å². The van der Waals surface area contributed by atoms with Gasteiger partial charge in [0.15, 0.2) is 0 Å². The summed E-state index contributed by atoms with van der Waals surface area (Å²) in [6.45, 7) is 9.39. The minimum atomic E-state index is 0.894. The van der Waals surface area contributed by atoms with Crippen LogP contribution >= 0.6 is 27.7 Å². The van der Waals surface area contributed by atoms with Crippen molar-refractivity contribution in [3.63, 3.8) is 0 Å². The zero-order valence-corrected chi connectivity index (χ0v) is 7.76. The maximum Gasteiger partial charge on any atom is 0.0479 e. The molecule has 9 heavy (non-hydrogen) atoms. The fourth-order valence-corrected chi connectivity index (χ4v) is 1.47. The number of thioether (sulfide) groups is 1. The van der Waals surface area contributed by atoms with Crippen LogP contribution in [0, 0.1) is 0 Å². The molecule has 0 radical (unpaired) electrons. The van der Waals surface area contributed by atoms with Crippen LogP contribution in [0.4, 0.5) is 0 Å². The van der Waals surface area contributed by atoms with Crippen molar-refractivity contribution in [3.8, 4) is 0 Å². The Labute approximate surface area is 68.9 Å². The van der Waals surface area contributed by atoms with Crippen LogP contribution in [0.2, 0.25) is 0 Å². The van der Waals surface area contributed by atoms with Gasteiger partial charge in [-0.1, -0.05) is 37.1 Å². The molecule has 0 amide bonds.